The van der Waals surface area contributed by atoms with E-state index in [0.29, 0.717) is 23.4 Å². The van der Waals surface area contributed by atoms with Crippen molar-refractivity contribution in [2.24, 2.45) is 0 Å². The molecule has 0 saturated heterocycles. The van der Waals surface area contributed by atoms with E-state index in [4.69, 9.17) is 10.00 Å². The highest BCUT2D eigenvalue weighted by Gasteiger charge is 2.16. The quantitative estimate of drug-likeness (QED) is 0.875. The van der Waals surface area contributed by atoms with E-state index in [9.17, 15) is 9.59 Å². The Morgan fingerprint density at radius 1 is 1.12 bits per heavy atom. The Hall–Kier alpha value is -3.33. The minimum Gasteiger partial charge on any atom is -0.444 e. The first-order chi connectivity index (χ1) is 12.3. The molecule has 6 nitrogen and oxygen atoms in total. The second-order valence-corrected chi connectivity index (χ2v) is 6.70. The molecule has 0 heterocycles. The predicted molar refractivity (Wildman–Crippen MR) is 98.6 cm³/mol. The lowest BCUT2D eigenvalue weighted by atomic mass is 10.1. The lowest BCUT2D eigenvalue weighted by Gasteiger charge is -2.19. The Bertz CT molecular complexity index is 831. The Kier molecular flexibility index (Phi) is 5.97. The second-order valence-electron chi connectivity index (χ2n) is 6.70. The van der Waals surface area contributed by atoms with E-state index in [0.717, 1.165) is 5.56 Å². The molecule has 2 aromatic carbocycles. The molecule has 0 unspecified atom stereocenters. The van der Waals surface area contributed by atoms with Crippen LogP contribution in [0, 0.1) is 11.3 Å². The Balaban J connectivity index is 1.96. The van der Waals surface area contributed by atoms with Gasteiger partial charge in [0.25, 0.3) is 5.91 Å². The largest absolute Gasteiger partial charge is 0.444 e. The van der Waals surface area contributed by atoms with Gasteiger partial charge in [0.05, 0.1) is 11.6 Å². The number of nitrogens with zero attached hydrogens (tertiary/aromatic N) is 1. The maximum Gasteiger partial charge on any atom is 0.412 e. The summed E-state index contributed by atoms with van der Waals surface area (Å²) < 4.78 is 5.19. The molecule has 2 rings (SSSR count). The Morgan fingerprint density at radius 3 is 2.42 bits per heavy atom. The van der Waals surface area contributed by atoms with Gasteiger partial charge in [-0.25, -0.2) is 4.79 Å². The number of nitriles is 1. The third-order valence-electron chi connectivity index (χ3n) is 3.31. The summed E-state index contributed by atoms with van der Waals surface area (Å²) in [6.07, 6.45) is -0.576. The summed E-state index contributed by atoms with van der Waals surface area (Å²) in [6.45, 7) is 5.67. The van der Waals surface area contributed by atoms with Crippen LogP contribution in [0.3, 0.4) is 0 Å². The summed E-state index contributed by atoms with van der Waals surface area (Å²) in [5, 5.41) is 14.2. The molecule has 6 heteroatoms. The number of carbonyl (C=O) groups is 2. The molecule has 0 atom stereocenters. The van der Waals surface area contributed by atoms with Gasteiger partial charge in [0, 0.05) is 17.8 Å². The average Bonchev–Trinajstić information content (AvgIpc) is 2.58. The fourth-order valence-electron chi connectivity index (χ4n) is 2.14. The smallest absolute Gasteiger partial charge is 0.412 e. The molecule has 0 aromatic heterocycles. The van der Waals surface area contributed by atoms with Gasteiger partial charge < -0.3 is 10.1 Å². The van der Waals surface area contributed by atoms with Gasteiger partial charge in [-0.15, -0.1) is 0 Å². The van der Waals surface area contributed by atoms with Gasteiger partial charge in [0.1, 0.15) is 5.60 Å². The monoisotopic (exact) mass is 351 g/mol. The first-order valence-corrected chi connectivity index (χ1v) is 8.14. The number of nitrogens with one attached hydrogen (secondary N) is 2. The zero-order chi connectivity index (χ0) is 19.2. The molecule has 0 radical (unpaired) electrons. The van der Waals surface area contributed by atoms with Crippen LogP contribution >= 0.6 is 0 Å². The molecular formula is C20H21N3O3. The van der Waals surface area contributed by atoms with Crippen LogP contribution in [0.5, 0.6) is 0 Å². The SMILES string of the molecule is CC(C)(C)OC(=O)Nc1cccc(C(=O)NCc2ccc(C#N)cc2)c1. The van der Waals surface area contributed by atoms with Gasteiger partial charge in [-0.1, -0.05) is 18.2 Å². The minimum atomic E-state index is -0.597. The highest BCUT2D eigenvalue weighted by Crippen LogP contribution is 2.14. The second kappa shape index (κ2) is 8.17. The summed E-state index contributed by atoms with van der Waals surface area (Å²) >= 11 is 0. The number of hydrogen-bond donors (Lipinski definition) is 2. The molecule has 0 saturated carbocycles. The molecule has 0 spiro atoms. The molecule has 2 amide bonds. The standard InChI is InChI=1S/C20H21N3O3/c1-20(2,3)26-19(25)23-17-6-4-5-16(11-17)18(24)22-13-15-9-7-14(12-21)8-10-15/h4-11H,13H2,1-3H3,(H,22,24)(H,23,25). The van der Waals surface area contributed by atoms with Crippen molar-refractivity contribution in [1.29, 1.82) is 5.26 Å². The van der Waals surface area contributed by atoms with Crippen molar-refractivity contribution >= 4 is 17.7 Å². The van der Waals surface area contributed by atoms with Crippen LogP contribution in [0.1, 0.15) is 42.3 Å². The first-order valence-electron chi connectivity index (χ1n) is 8.14. The Labute approximate surface area is 152 Å². The van der Waals surface area contributed by atoms with Crippen molar-refractivity contribution in [3.8, 4) is 6.07 Å². The molecule has 0 fully saturated rings. The molecule has 2 N–H and O–H groups in total. The van der Waals surface area contributed by atoms with E-state index in [-0.39, 0.29) is 5.91 Å². The molecule has 0 bridgehead atoms. The highest BCUT2D eigenvalue weighted by atomic mass is 16.6. The third kappa shape index (κ3) is 5.95. The Morgan fingerprint density at radius 2 is 1.81 bits per heavy atom. The van der Waals surface area contributed by atoms with Crippen molar-refractivity contribution in [3.05, 3.63) is 65.2 Å². The van der Waals surface area contributed by atoms with Crippen LogP contribution in [0.4, 0.5) is 10.5 Å². The zero-order valence-corrected chi connectivity index (χ0v) is 15.0. The number of carbonyl (C=O) groups excluding carboxylic acids is 2. The van der Waals surface area contributed by atoms with Gasteiger partial charge >= 0.3 is 6.09 Å². The third-order valence-corrected chi connectivity index (χ3v) is 3.31. The molecule has 134 valence electrons. The maximum absolute atomic E-state index is 12.3. The lowest BCUT2D eigenvalue weighted by Crippen LogP contribution is -2.27. The van der Waals surface area contributed by atoms with Crippen LogP contribution < -0.4 is 10.6 Å². The van der Waals surface area contributed by atoms with Crippen molar-refractivity contribution in [2.45, 2.75) is 32.9 Å². The van der Waals surface area contributed by atoms with Crippen LogP contribution in [0.2, 0.25) is 0 Å². The van der Waals surface area contributed by atoms with E-state index in [2.05, 4.69) is 10.6 Å². The van der Waals surface area contributed by atoms with Crippen LogP contribution in [0.15, 0.2) is 48.5 Å². The number of rotatable bonds is 4. The summed E-state index contributed by atoms with van der Waals surface area (Å²) in [7, 11) is 0. The van der Waals surface area contributed by atoms with Crippen molar-refractivity contribution < 1.29 is 14.3 Å². The molecule has 0 aliphatic rings. The van der Waals surface area contributed by atoms with E-state index in [1.165, 1.54) is 0 Å². The van der Waals surface area contributed by atoms with Gasteiger partial charge in [0.2, 0.25) is 0 Å². The molecule has 0 aliphatic heterocycles. The van der Waals surface area contributed by atoms with Crippen molar-refractivity contribution in [2.75, 3.05) is 5.32 Å². The number of ether oxygens (including phenoxy) is 1. The number of benzene rings is 2. The first kappa shape index (κ1) is 19.0. The summed E-state index contributed by atoms with van der Waals surface area (Å²) in [5.41, 5.74) is 1.76. The molecule has 0 aliphatic carbocycles. The zero-order valence-electron chi connectivity index (χ0n) is 15.0. The van der Waals surface area contributed by atoms with Crippen LogP contribution in [-0.2, 0) is 11.3 Å². The van der Waals surface area contributed by atoms with Gasteiger partial charge in [-0.05, 0) is 56.7 Å². The normalized spacial score (nSPS) is 10.5. The minimum absolute atomic E-state index is 0.262. The topological polar surface area (TPSA) is 91.2 Å². The molecule has 26 heavy (non-hydrogen) atoms. The number of anilines is 1. The van der Waals surface area contributed by atoms with Gasteiger partial charge in [-0.2, -0.15) is 5.26 Å². The van der Waals surface area contributed by atoms with E-state index < -0.39 is 11.7 Å². The fourth-order valence-corrected chi connectivity index (χ4v) is 2.14. The van der Waals surface area contributed by atoms with E-state index in [1.54, 1.807) is 69.3 Å². The van der Waals surface area contributed by atoms with E-state index >= 15 is 0 Å². The number of amides is 2. The molecular weight excluding hydrogens is 330 g/mol. The summed E-state index contributed by atoms with van der Waals surface area (Å²) in [4.78, 5) is 24.1. The van der Waals surface area contributed by atoms with E-state index in [1.807, 2.05) is 6.07 Å². The average molecular weight is 351 g/mol. The van der Waals surface area contributed by atoms with Crippen LogP contribution in [0.25, 0.3) is 0 Å². The lowest BCUT2D eigenvalue weighted by molar-refractivity contribution is 0.0635. The van der Waals surface area contributed by atoms with Gasteiger partial charge in [0.15, 0.2) is 0 Å². The summed E-state index contributed by atoms with van der Waals surface area (Å²) in [5.74, 6) is -0.262. The maximum atomic E-state index is 12.3. The van der Waals surface area contributed by atoms with Gasteiger partial charge in [-0.3, -0.25) is 10.1 Å². The van der Waals surface area contributed by atoms with Crippen molar-refractivity contribution in [1.82, 2.24) is 5.32 Å². The highest BCUT2D eigenvalue weighted by molar-refractivity contribution is 5.96. The van der Waals surface area contributed by atoms with Crippen molar-refractivity contribution in [3.63, 3.8) is 0 Å². The fraction of sp³-hybridized carbons (Fsp3) is 0.250. The molecule has 2 aromatic rings. The van der Waals surface area contributed by atoms with Crippen LogP contribution in [-0.4, -0.2) is 17.6 Å². The summed E-state index contributed by atoms with van der Waals surface area (Å²) in [6, 6.07) is 15.6. The number of hydrogen-bond acceptors (Lipinski definition) is 4. The predicted octanol–water partition coefficient (Wildman–Crippen LogP) is 3.84.